The second-order valence-electron chi connectivity index (χ2n) is 32.9. The molecule has 31 aromatic rings. The van der Waals surface area contributed by atoms with E-state index in [0.29, 0.717) is 5.69 Å². The predicted molar refractivity (Wildman–Crippen MR) is 614 cm³/mol. The molecule has 0 fully saturated rings. The third kappa shape index (κ3) is 14.0. The van der Waals surface area contributed by atoms with Crippen LogP contribution in [0.15, 0.2) is 472 Å². The molecular weight excluding hydrogens is 1810 g/mol. The second kappa shape index (κ2) is 34.0. The van der Waals surface area contributed by atoms with Crippen molar-refractivity contribution in [1.82, 2.24) is 47.8 Å². The van der Waals surface area contributed by atoms with Gasteiger partial charge in [0.15, 0.2) is 34.9 Å². The first-order chi connectivity index (χ1) is 99.3. The SMILES string of the molecule is [2H]c1c([2H])c([2H])c(-c2nc(-c3c([2H])c([2H])c([2H])c(C)c3[2H])nc(-c3c([2H])c([2H])c([2H])c(-c4c([2H])c([2H])c5c(c4[2H])c4c([2H])c6c(sc7c([2H])c([2H])c([2H])c([2H])c76)c6c7c([2H])c([2H])c([2H])c([2H])c7n5c46)c3[2H])n2)c([2H])c1[2H].[2H]c1c([2H])c([2H])c(-c2nc(-c3c([2H])c([2H])c([2H])c(C)c3[2H])nc(-c3c([2H])c([2H])c([2H])c(-c4c([2H])c([2H])c5sc6c([2H])c7c8c([2H])c([2H])c([2H])c9c%10c([2H])c([2H])c([2H])c([2H])c%10n(c7c([2H])c6c5c4[2H])c98)c3[2H])n2)c([2H])c1[2H].[2H]c1c([2H])c([2H])c2c(c1[2H])c1c([2H])c(-n3c4c([2H])c([2H])c([2H])c([2H])c4c4c([2H])c([2H])c([2H])c([2H])c43)c([2H])c([2H])c1n2-c1ccc(-c2ccc(-c3ccccc3)cc2)cc1. The van der Waals surface area contributed by atoms with Crippen molar-refractivity contribution in [3.05, 3.63) is 483 Å². The lowest BCUT2D eigenvalue weighted by Crippen LogP contribution is -2.00. The van der Waals surface area contributed by atoms with E-state index in [1.165, 1.54) is 27.2 Å². The Morgan fingerprint density at radius 1 is 0.192 bits per heavy atom. The number of nitrogens with zero attached hydrogens (tertiary/aromatic N) is 10. The summed E-state index contributed by atoms with van der Waals surface area (Å²) < 4.78 is 585. The summed E-state index contributed by atoms with van der Waals surface area (Å²) in [5, 5.41) is -2.71. The van der Waals surface area contributed by atoms with Gasteiger partial charge in [-0.05, 0) is 191 Å². The average Bonchev–Trinajstić information content (AvgIpc) is 1.49. The lowest BCUT2D eigenvalue weighted by Gasteiger charge is -2.11. The Hall–Kier alpha value is -18.7. The van der Waals surface area contributed by atoms with Gasteiger partial charge in [0.25, 0.3) is 0 Å². The zero-order valence-corrected chi connectivity index (χ0v) is 75.9. The van der Waals surface area contributed by atoms with Gasteiger partial charge in [-0.3, -0.25) is 0 Å². The van der Waals surface area contributed by atoms with Crippen LogP contribution >= 0.6 is 22.7 Å². The van der Waals surface area contributed by atoms with E-state index in [1.807, 2.05) is 66.7 Å². The minimum Gasteiger partial charge on any atom is -0.309 e. The molecule has 0 radical (unpaired) electrons. The predicted octanol–water partition coefficient (Wildman–Crippen LogP) is 35.9. The minimum absolute atomic E-state index is 0.00595. The number of rotatable bonds is 12. The van der Waals surface area contributed by atoms with Crippen molar-refractivity contribution in [3.8, 4) is 124 Å². The molecule has 682 valence electrons. The van der Waals surface area contributed by atoms with Gasteiger partial charge in [0, 0.05) is 150 Å². The van der Waals surface area contributed by atoms with Crippen LogP contribution in [0.5, 0.6) is 0 Å². The molecule has 0 spiro atoms. The molecule has 21 aromatic carbocycles. The van der Waals surface area contributed by atoms with Crippen LogP contribution in [0.2, 0.25) is 0 Å². The van der Waals surface area contributed by atoms with Gasteiger partial charge in [0.1, 0.15) is 0 Å². The summed E-state index contributed by atoms with van der Waals surface area (Å²) >= 11 is 1.57. The van der Waals surface area contributed by atoms with E-state index in [4.69, 9.17) is 65.8 Å². The summed E-state index contributed by atoms with van der Waals surface area (Å²) in [4.78, 5) is 26.0. The van der Waals surface area contributed by atoms with Gasteiger partial charge in [-0.15, -0.1) is 22.7 Å². The molecule has 31 rings (SSSR count). The van der Waals surface area contributed by atoms with Crippen LogP contribution in [0, 0.1) is 13.8 Å². The molecule has 10 heterocycles. The van der Waals surface area contributed by atoms with Gasteiger partial charge in [-0.25, -0.2) is 29.9 Å². The van der Waals surface area contributed by atoms with Crippen LogP contribution in [0.25, 0.3) is 284 Å². The van der Waals surface area contributed by atoms with Crippen LogP contribution in [0.1, 0.15) is 100 Å². The molecule has 0 aliphatic carbocycles. The molecular formula is C134H84N10S2. The van der Waals surface area contributed by atoms with Crippen LogP contribution in [-0.4, -0.2) is 47.8 Å². The maximum absolute atomic E-state index is 9.97. The maximum atomic E-state index is 9.97. The normalized spacial score (nSPS) is 18.1. The molecule has 0 atom stereocenters. The fourth-order valence-corrected chi connectivity index (χ4v) is 20.3. The van der Waals surface area contributed by atoms with Crippen molar-refractivity contribution >= 4 is 183 Å². The quantitative estimate of drug-likeness (QED) is 0.121. The standard InChI is InChI=1S/2C46H28N4S.C42H28N2/c1-27-11-9-15-31(23-27)45-47-44(28-12-3-2-4-13-28)48-46(49-45)32-16-10-14-29(24-32)30-21-22-39-35(25-30)36-26-37-33-17-6-8-20-40(33)51-43(37)41-34-18-5-7-19-38(34)50(39)42(36)41;1-27-10-7-14-31(22-27)45-47-44(28-11-3-2-4-12-28)48-46(49-45)32-15-8-13-29(23-32)30-20-21-41-37(24-30)38-25-40-36(26-42(38)51-41)35-18-9-17-34-33-16-5-6-19-39(33)50(40)43(34)35;1-2-10-29(11-3-1)30-18-20-31(21-19-30)32-22-24-33(25-23-32)43-41-17-9-6-14-37(41)38-28-34(26-27-42(38)43)44-39-15-7-4-12-35(39)36-13-5-8-16-40(36)44/h2*2-26H,1H3;1-28H/i2*2D,3D,4D,5D,6D,7D,8D,9D,10D,11D,12D,13D,14D,15D,16D,17D,18D,19D,20D,21D,22D,23D,24D,25D,26D;4D,5D,6D,7D,8D,9D,12D,13D,14D,15D,16D,17D,26D,27D,28D. The number of hydrogen-bond acceptors (Lipinski definition) is 8. The van der Waals surface area contributed by atoms with Crippen molar-refractivity contribution in [3.63, 3.8) is 0 Å². The topological polar surface area (TPSA) is 96.0 Å². The van der Waals surface area contributed by atoms with E-state index in [2.05, 4.69) is 29.9 Å². The molecule has 0 N–H and O–H groups in total. The van der Waals surface area contributed by atoms with Gasteiger partial charge >= 0.3 is 0 Å². The molecule has 0 unspecified atom stereocenters. The Morgan fingerprint density at radius 2 is 0.562 bits per heavy atom. The lowest BCUT2D eigenvalue weighted by molar-refractivity contribution is 1.07. The lowest BCUT2D eigenvalue weighted by atomic mass is 9.99. The summed E-state index contributed by atoms with van der Waals surface area (Å²) in [6.07, 6.45) is 0. The Bertz CT molecular complexity index is 14700. The molecule has 0 amide bonds. The third-order valence-electron chi connectivity index (χ3n) is 24.5. The van der Waals surface area contributed by atoms with E-state index in [0.717, 1.165) is 49.5 Å². The van der Waals surface area contributed by atoms with Gasteiger partial charge in [0.05, 0.1) is 144 Å². The summed E-state index contributed by atoms with van der Waals surface area (Å²) in [6, 6.07) is -19.8. The Labute approximate surface area is 937 Å². The van der Waals surface area contributed by atoms with Crippen molar-refractivity contribution in [2.24, 2.45) is 0 Å². The second-order valence-corrected chi connectivity index (χ2v) is 35.0. The minimum atomic E-state index is -0.972. The zero-order valence-electron chi connectivity index (χ0n) is 139. The van der Waals surface area contributed by atoms with E-state index in [1.54, 1.807) is 12.1 Å². The van der Waals surface area contributed by atoms with Crippen molar-refractivity contribution in [2.75, 3.05) is 0 Å². The van der Waals surface area contributed by atoms with Gasteiger partial charge in [-0.1, -0.05) is 350 Å². The number of fused-ring (bicyclic) bond motifs is 25. The number of thiophene rings is 2. The molecule has 0 saturated heterocycles. The molecule has 12 heteroatoms. The monoisotopic (exact) mass is 1960 g/mol. The first-order valence-corrected chi connectivity index (χ1v) is 45.9. The summed E-state index contributed by atoms with van der Waals surface area (Å²) in [5.74, 6) is -4.34. The summed E-state index contributed by atoms with van der Waals surface area (Å²) in [5.41, 5.74) is -5.10. The maximum Gasteiger partial charge on any atom is 0.164 e. The molecule has 0 aliphatic heterocycles. The smallest absolute Gasteiger partial charge is 0.164 e. The van der Waals surface area contributed by atoms with Crippen molar-refractivity contribution in [1.29, 1.82) is 0 Å². The Kier molecular flexibility index (Phi) is 9.75. The number of aromatic nitrogens is 10. The summed E-state index contributed by atoms with van der Waals surface area (Å²) in [6.45, 7) is 2.62. The first kappa shape index (κ1) is 41.8. The highest BCUT2D eigenvalue weighted by Crippen LogP contribution is 2.51. The van der Waals surface area contributed by atoms with Gasteiger partial charge in [-0.2, -0.15) is 0 Å². The number of para-hydroxylation sites is 6. The molecule has 10 aromatic heterocycles. The van der Waals surface area contributed by atoms with Crippen LogP contribution in [0.4, 0.5) is 0 Å². The highest BCUT2D eigenvalue weighted by molar-refractivity contribution is 7.27. The zero-order chi connectivity index (χ0) is 153. The molecule has 0 bridgehead atoms. The van der Waals surface area contributed by atoms with Gasteiger partial charge in [0.2, 0.25) is 0 Å². The largest absolute Gasteiger partial charge is 0.309 e. The Balaban J connectivity index is 0.000000137. The van der Waals surface area contributed by atoms with E-state index < -0.39 is 489 Å². The number of benzene rings is 21. The molecule has 146 heavy (non-hydrogen) atoms. The van der Waals surface area contributed by atoms with Gasteiger partial charge < -0.3 is 17.9 Å². The average molecular weight is 1960 g/mol. The Morgan fingerprint density at radius 3 is 1.14 bits per heavy atom. The third-order valence-corrected chi connectivity index (χ3v) is 26.6. The first-order valence-electron chi connectivity index (χ1n) is 76.7. The van der Waals surface area contributed by atoms with Crippen LogP contribution in [-0.2, 0) is 0 Å². The fourth-order valence-electron chi connectivity index (χ4n) is 18.2. The van der Waals surface area contributed by atoms with E-state index in [-0.39, 0.29) is 171 Å². The van der Waals surface area contributed by atoms with Crippen LogP contribution < -0.4 is 0 Å². The molecule has 0 saturated carbocycles. The van der Waals surface area contributed by atoms with E-state index >= 15 is 0 Å². The summed E-state index contributed by atoms with van der Waals surface area (Å²) in [7, 11) is 0. The number of hydrogen-bond donors (Lipinski definition) is 0. The fraction of sp³-hybridized carbons (Fsp3) is 0.0149. The van der Waals surface area contributed by atoms with Crippen LogP contribution in [0.3, 0.4) is 0 Å². The van der Waals surface area contributed by atoms with Crippen molar-refractivity contribution in [2.45, 2.75) is 13.8 Å². The molecule has 10 nitrogen and oxygen atoms in total. The van der Waals surface area contributed by atoms with Crippen molar-refractivity contribution < 1.29 is 89.1 Å². The highest BCUT2D eigenvalue weighted by Gasteiger charge is 2.27. The highest BCUT2D eigenvalue weighted by atomic mass is 32.1. The van der Waals surface area contributed by atoms with E-state index in [9.17, 15) is 23.3 Å². The molecule has 0 aliphatic rings.